The maximum atomic E-state index is 13.7. The number of alkyl halides is 1. The van der Waals surface area contributed by atoms with Crippen molar-refractivity contribution in [2.24, 2.45) is 5.73 Å². The average Bonchev–Trinajstić information content (AvgIpc) is 2.36. The number of hydrogen-bond acceptors (Lipinski definition) is 4. The summed E-state index contributed by atoms with van der Waals surface area (Å²) in [4.78, 5) is 11.2. The van der Waals surface area contributed by atoms with Crippen LogP contribution >= 0.6 is 15.9 Å². The molecule has 0 bridgehead atoms. The van der Waals surface area contributed by atoms with E-state index in [1.165, 1.54) is 6.92 Å². The predicted molar refractivity (Wildman–Crippen MR) is 64.2 cm³/mol. The normalized spacial score (nSPS) is 14.0. The highest BCUT2D eigenvalue weighted by Gasteiger charge is 2.33. The van der Waals surface area contributed by atoms with Crippen LogP contribution in [0.4, 0.5) is 13.2 Å². The molecule has 0 saturated heterocycles. The monoisotopic (exact) mass is 341 g/mol. The molecule has 0 saturated carbocycles. The van der Waals surface area contributed by atoms with E-state index in [2.05, 4.69) is 20.7 Å². The summed E-state index contributed by atoms with van der Waals surface area (Å²) < 4.78 is 44.6. The van der Waals surface area contributed by atoms with E-state index in [9.17, 15) is 23.1 Å². The zero-order valence-electron chi connectivity index (χ0n) is 9.79. The van der Waals surface area contributed by atoms with Gasteiger partial charge in [-0.15, -0.1) is 0 Å². The SMILES string of the molecule is CCOC(=O)C(F)[C@H](N)c1c(O)c(Br)cc(F)c1F. The molecule has 0 aromatic heterocycles. The van der Waals surface area contributed by atoms with Crippen LogP contribution in [-0.4, -0.2) is 23.9 Å². The van der Waals surface area contributed by atoms with Crippen LogP contribution in [0.3, 0.4) is 0 Å². The zero-order chi connectivity index (χ0) is 14.7. The number of nitrogens with two attached hydrogens (primary N) is 1. The van der Waals surface area contributed by atoms with Crippen LogP contribution < -0.4 is 5.73 Å². The Bertz CT molecular complexity index is 472. The van der Waals surface area contributed by atoms with Gasteiger partial charge in [-0.05, 0) is 28.9 Å². The second-order valence-corrected chi connectivity index (χ2v) is 4.45. The second kappa shape index (κ2) is 6.25. The summed E-state index contributed by atoms with van der Waals surface area (Å²) in [5.74, 6) is -4.92. The quantitative estimate of drug-likeness (QED) is 0.651. The third-order valence-corrected chi connectivity index (χ3v) is 2.95. The summed E-state index contributed by atoms with van der Waals surface area (Å²) in [6, 6.07) is -1.22. The van der Waals surface area contributed by atoms with E-state index < -0.39 is 41.1 Å². The van der Waals surface area contributed by atoms with Crippen LogP contribution in [0.15, 0.2) is 10.5 Å². The number of benzene rings is 1. The lowest BCUT2D eigenvalue weighted by atomic mass is 10.0. The molecule has 2 atom stereocenters. The largest absolute Gasteiger partial charge is 0.506 e. The molecule has 3 N–H and O–H groups in total. The molecule has 1 rings (SSSR count). The summed E-state index contributed by atoms with van der Waals surface area (Å²) in [6.07, 6.45) is -2.42. The van der Waals surface area contributed by atoms with E-state index >= 15 is 0 Å². The Balaban J connectivity index is 3.19. The van der Waals surface area contributed by atoms with Gasteiger partial charge in [0.1, 0.15) is 5.75 Å². The standard InChI is InChI=1S/C11H11BrF3NO3/c1-2-19-11(18)8(15)9(16)6-7(14)5(13)3-4(12)10(6)17/h3,8-9,17H,2,16H2,1H3/t8?,9-/m1/s1. The van der Waals surface area contributed by atoms with E-state index in [-0.39, 0.29) is 11.1 Å². The van der Waals surface area contributed by atoms with Crippen molar-refractivity contribution in [3.05, 3.63) is 27.7 Å². The molecule has 0 heterocycles. The Labute approximate surface area is 115 Å². The molecule has 0 radical (unpaired) electrons. The number of carbonyl (C=O) groups is 1. The number of phenolic OH excluding ortho intramolecular Hbond substituents is 1. The maximum Gasteiger partial charge on any atom is 0.342 e. The zero-order valence-corrected chi connectivity index (χ0v) is 11.4. The lowest BCUT2D eigenvalue weighted by Crippen LogP contribution is -2.32. The van der Waals surface area contributed by atoms with Crippen LogP contribution in [0.5, 0.6) is 5.75 Å². The van der Waals surface area contributed by atoms with E-state index in [1.54, 1.807) is 0 Å². The van der Waals surface area contributed by atoms with Gasteiger partial charge in [0.25, 0.3) is 0 Å². The molecule has 0 aliphatic carbocycles. The highest BCUT2D eigenvalue weighted by atomic mass is 79.9. The molecule has 0 fully saturated rings. The van der Waals surface area contributed by atoms with Gasteiger partial charge >= 0.3 is 5.97 Å². The minimum atomic E-state index is -2.42. The van der Waals surface area contributed by atoms with Crippen molar-refractivity contribution in [3.8, 4) is 5.75 Å². The Morgan fingerprint density at radius 1 is 1.58 bits per heavy atom. The van der Waals surface area contributed by atoms with Gasteiger partial charge in [0.15, 0.2) is 11.6 Å². The van der Waals surface area contributed by atoms with Gasteiger partial charge in [-0.3, -0.25) is 0 Å². The van der Waals surface area contributed by atoms with Crippen molar-refractivity contribution in [1.82, 2.24) is 0 Å². The summed E-state index contributed by atoms with van der Waals surface area (Å²) in [5, 5.41) is 9.58. The summed E-state index contributed by atoms with van der Waals surface area (Å²) in [5.41, 5.74) is 4.52. The molecule has 0 aliphatic heterocycles. The first kappa shape index (κ1) is 15.8. The predicted octanol–water partition coefficient (Wildman–Crippen LogP) is 2.33. The Morgan fingerprint density at radius 3 is 2.68 bits per heavy atom. The Kier molecular flexibility index (Phi) is 5.19. The molecule has 0 amide bonds. The molecule has 106 valence electrons. The molecule has 0 spiro atoms. The van der Waals surface area contributed by atoms with Gasteiger partial charge in [-0.1, -0.05) is 0 Å². The van der Waals surface area contributed by atoms with Gasteiger partial charge in [-0.2, -0.15) is 0 Å². The number of esters is 1. The lowest BCUT2D eigenvalue weighted by molar-refractivity contribution is -0.150. The van der Waals surface area contributed by atoms with E-state index in [1.807, 2.05) is 0 Å². The molecular weight excluding hydrogens is 331 g/mol. The van der Waals surface area contributed by atoms with Crippen molar-refractivity contribution in [2.45, 2.75) is 19.1 Å². The highest BCUT2D eigenvalue weighted by Crippen LogP contribution is 2.36. The number of halogens is 4. The fourth-order valence-corrected chi connectivity index (χ4v) is 1.84. The van der Waals surface area contributed by atoms with Gasteiger partial charge in [-0.25, -0.2) is 18.0 Å². The average molecular weight is 342 g/mol. The summed E-state index contributed by atoms with van der Waals surface area (Å²) >= 11 is 2.77. The fraction of sp³-hybridized carbons (Fsp3) is 0.364. The number of carbonyl (C=O) groups excluding carboxylic acids is 1. The fourth-order valence-electron chi connectivity index (χ4n) is 1.42. The molecule has 0 aliphatic rings. The van der Waals surface area contributed by atoms with Crippen molar-refractivity contribution in [1.29, 1.82) is 0 Å². The number of phenols is 1. The first-order chi connectivity index (χ1) is 8.81. The van der Waals surface area contributed by atoms with Gasteiger partial charge < -0.3 is 15.6 Å². The number of rotatable bonds is 4. The molecular formula is C11H11BrF3NO3. The van der Waals surface area contributed by atoms with Crippen molar-refractivity contribution in [3.63, 3.8) is 0 Å². The third-order valence-electron chi connectivity index (χ3n) is 2.34. The highest BCUT2D eigenvalue weighted by molar-refractivity contribution is 9.10. The molecule has 1 aromatic rings. The van der Waals surface area contributed by atoms with Crippen LogP contribution in [-0.2, 0) is 9.53 Å². The maximum absolute atomic E-state index is 13.7. The number of aromatic hydroxyl groups is 1. The lowest BCUT2D eigenvalue weighted by Gasteiger charge is -2.18. The minimum Gasteiger partial charge on any atom is -0.506 e. The Hall–Kier alpha value is -1.28. The van der Waals surface area contributed by atoms with E-state index in [4.69, 9.17) is 5.73 Å². The molecule has 1 aromatic carbocycles. The van der Waals surface area contributed by atoms with Gasteiger partial charge in [0, 0.05) is 0 Å². The number of hydrogen-bond donors (Lipinski definition) is 2. The van der Waals surface area contributed by atoms with E-state index in [0.29, 0.717) is 6.07 Å². The summed E-state index contributed by atoms with van der Waals surface area (Å²) in [6.45, 7) is 1.36. The van der Waals surface area contributed by atoms with E-state index in [0.717, 1.165) is 0 Å². The minimum absolute atomic E-state index is 0.0900. The third kappa shape index (κ3) is 3.19. The van der Waals surface area contributed by atoms with Crippen LogP contribution in [0.1, 0.15) is 18.5 Å². The molecule has 19 heavy (non-hydrogen) atoms. The molecule has 4 nitrogen and oxygen atoms in total. The summed E-state index contributed by atoms with van der Waals surface area (Å²) in [7, 11) is 0. The topological polar surface area (TPSA) is 72.5 Å². The smallest absolute Gasteiger partial charge is 0.342 e. The second-order valence-electron chi connectivity index (χ2n) is 3.60. The van der Waals surface area contributed by atoms with Gasteiger partial charge in [0.2, 0.25) is 6.17 Å². The van der Waals surface area contributed by atoms with Crippen molar-refractivity contribution in [2.75, 3.05) is 6.61 Å². The van der Waals surface area contributed by atoms with Crippen molar-refractivity contribution >= 4 is 21.9 Å². The first-order valence-electron chi connectivity index (χ1n) is 5.23. The van der Waals surface area contributed by atoms with Crippen molar-refractivity contribution < 1.29 is 27.8 Å². The number of ether oxygens (including phenoxy) is 1. The first-order valence-corrected chi connectivity index (χ1v) is 6.03. The van der Waals surface area contributed by atoms with Crippen LogP contribution in [0.25, 0.3) is 0 Å². The molecule has 1 unspecified atom stereocenters. The van der Waals surface area contributed by atoms with Gasteiger partial charge in [0.05, 0.1) is 22.7 Å². The van der Waals surface area contributed by atoms with Crippen LogP contribution in [0, 0.1) is 11.6 Å². The Morgan fingerprint density at radius 2 is 2.16 bits per heavy atom. The van der Waals surface area contributed by atoms with Crippen LogP contribution in [0.2, 0.25) is 0 Å². The molecule has 8 heteroatoms.